The van der Waals surface area contributed by atoms with Crippen LogP contribution in [-0.4, -0.2) is 57.5 Å². The average molecular weight is 363 g/mol. The minimum Gasteiger partial charge on any atom is -0.452 e. The minimum atomic E-state index is -3.77. The van der Waals surface area contributed by atoms with Crippen molar-refractivity contribution in [1.82, 2.24) is 4.31 Å². The molecule has 1 aliphatic heterocycles. The van der Waals surface area contributed by atoms with E-state index in [4.69, 9.17) is 22.1 Å². The van der Waals surface area contributed by atoms with Crippen LogP contribution < -0.4 is 5.73 Å². The number of nitrogens with two attached hydrogens (primary N) is 1. The molecule has 8 nitrogen and oxygen atoms in total. The normalized spacial score (nSPS) is 16.0. The van der Waals surface area contributed by atoms with Crippen molar-refractivity contribution >= 4 is 33.5 Å². The van der Waals surface area contributed by atoms with Crippen molar-refractivity contribution in [1.29, 1.82) is 0 Å². The maximum absolute atomic E-state index is 12.5. The van der Waals surface area contributed by atoms with E-state index in [1.54, 1.807) is 0 Å². The van der Waals surface area contributed by atoms with Crippen molar-refractivity contribution in [2.75, 3.05) is 32.9 Å². The van der Waals surface area contributed by atoms with Gasteiger partial charge in [-0.3, -0.25) is 4.79 Å². The molecule has 1 heterocycles. The lowest BCUT2D eigenvalue weighted by Gasteiger charge is -2.26. The molecule has 0 bridgehead atoms. The molecule has 1 aromatic rings. The van der Waals surface area contributed by atoms with Crippen molar-refractivity contribution in [2.24, 2.45) is 5.73 Å². The van der Waals surface area contributed by atoms with Crippen LogP contribution in [-0.2, 0) is 24.3 Å². The molecule has 0 unspecified atom stereocenters. The third-order valence-corrected chi connectivity index (χ3v) is 5.34. The number of benzene rings is 1. The fourth-order valence-corrected chi connectivity index (χ4v) is 3.60. The van der Waals surface area contributed by atoms with Crippen LogP contribution in [0.1, 0.15) is 10.4 Å². The maximum atomic E-state index is 12.5. The largest absolute Gasteiger partial charge is 0.452 e. The van der Waals surface area contributed by atoms with Gasteiger partial charge < -0.3 is 15.2 Å². The van der Waals surface area contributed by atoms with Crippen LogP contribution in [0.2, 0.25) is 5.02 Å². The Balaban J connectivity index is 2.28. The van der Waals surface area contributed by atoms with E-state index in [2.05, 4.69) is 4.74 Å². The highest BCUT2D eigenvalue weighted by molar-refractivity contribution is 7.89. The van der Waals surface area contributed by atoms with Gasteiger partial charge in [-0.1, -0.05) is 11.6 Å². The Labute approximate surface area is 138 Å². The summed E-state index contributed by atoms with van der Waals surface area (Å²) in [6, 6.07) is 3.71. The number of rotatable bonds is 5. The molecule has 1 fully saturated rings. The topological polar surface area (TPSA) is 116 Å². The Morgan fingerprint density at radius 3 is 2.57 bits per heavy atom. The molecule has 0 atom stereocenters. The number of halogens is 1. The van der Waals surface area contributed by atoms with Gasteiger partial charge in [-0.25, -0.2) is 13.2 Å². The first-order valence-electron chi connectivity index (χ1n) is 6.65. The predicted octanol–water partition coefficient (Wildman–Crippen LogP) is 0.00300. The predicted molar refractivity (Wildman–Crippen MR) is 80.5 cm³/mol. The lowest BCUT2D eigenvalue weighted by Crippen LogP contribution is -2.40. The summed E-state index contributed by atoms with van der Waals surface area (Å²) in [7, 11) is -3.77. The quantitative estimate of drug-likeness (QED) is 0.737. The zero-order valence-electron chi connectivity index (χ0n) is 12.0. The molecule has 0 radical (unpaired) electrons. The highest BCUT2D eigenvalue weighted by Crippen LogP contribution is 2.24. The second-order valence-corrected chi connectivity index (χ2v) is 7.05. The Morgan fingerprint density at radius 1 is 1.30 bits per heavy atom. The summed E-state index contributed by atoms with van der Waals surface area (Å²) in [5.74, 6) is -1.75. The van der Waals surface area contributed by atoms with Crippen LogP contribution in [0, 0.1) is 0 Å². The summed E-state index contributed by atoms with van der Waals surface area (Å²) in [4.78, 5) is 22.4. The van der Waals surface area contributed by atoms with E-state index in [1.165, 1.54) is 16.4 Å². The van der Waals surface area contributed by atoms with Crippen LogP contribution >= 0.6 is 11.6 Å². The lowest BCUT2D eigenvalue weighted by molar-refractivity contribution is -0.121. The van der Waals surface area contributed by atoms with Gasteiger partial charge in [0.1, 0.15) is 0 Å². The number of primary amides is 1. The number of morpholine rings is 1. The fraction of sp³-hybridized carbons (Fsp3) is 0.385. The first kappa shape index (κ1) is 17.7. The van der Waals surface area contributed by atoms with Crippen LogP contribution in [0.4, 0.5) is 0 Å². The molecule has 1 aromatic carbocycles. The van der Waals surface area contributed by atoms with Gasteiger partial charge in [0.15, 0.2) is 6.61 Å². The van der Waals surface area contributed by atoms with Crippen LogP contribution in [0.5, 0.6) is 0 Å². The molecule has 0 aliphatic carbocycles. The molecule has 10 heteroatoms. The summed E-state index contributed by atoms with van der Waals surface area (Å²) in [5, 5.41) is 0.0143. The molecule has 1 aliphatic rings. The van der Waals surface area contributed by atoms with E-state index in [1.807, 2.05) is 0 Å². The molecule has 2 N–H and O–H groups in total. The molecular formula is C13H15ClN2O6S. The highest BCUT2D eigenvalue weighted by atomic mass is 35.5. The third kappa shape index (κ3) is 4.20. The van der Waals surface area contributed by atoms with Crippen molar-refractivity contribution in [2.45, 2.75) is 4.90 Å². The van der Waals surface area contributed by atoms with E-state index < -0.39 is 28.5 Å². The summed E-state index contributed by atoms with van der Waals surface area (Å²) in [6.45, 7) is 0.453. The summed E-state index contributed by atoms with van der Waals surface area (Å²) in [6.07, 6.45) is 0. The monoisotopic (exact) mass is 362 g/mol. The molecule has 23 heavy (non-hydrogen) atoms. The number of esters is 1. The Hall–Kier alpha value is -1.68. The summed E-state index contributed by atoms with van der Waals surface area (Å²) in [5.41, 5.74) is 4.74. The number of carbonyl (C=O) groups excluding carboxylic acids is 2. The minimum absolute atomic E-state index is 0.0143. The van der Waals surface area contributed by atoms with Crippen LogP contribution in [0.15, 0.2) is 23.1 Å². The van der Waals surface area contributed by atoms with Gasteiger partial charge in [0.2, 0.25) is 10.0 Å². The van der Waals surface area contributed by atoms with Gasteiger partial charge in [0, 0.05) is 13.1 Å². The summed E-state index contributed by atoms with van der Waals surface area (Å²) < 4.78 is 36.1. The number of nitrogens with zero attached hydrogens (tertiary/aromatic N) is 1. The van der Waals surface area contributed by atoms with Crippen molar-refractivity contribution in [3.8, 4) is 0 Å². The van der Waals surface area contributed by atoms with Crippen LogP contribution in [0.25, 0.3) is 0 Å². The van der Waals surface area contributed by atoms with E-state index in [-0.39, 0.29) is 28.6 Å². The number of ether oxygens (including phenoxy) is 2. The molecule has 0 spiro atoms. The van der Waals surface area contributed by atoms with E-state index in [9.17, 15) is 18.0 Å². The molecule has 126 valence electrons. The van der Waals surface area contributed by atoms with Gasteiger partial charge in [-0.05, 0) is 18.2 Å². The zero-order chi connectivity index (χ0) is 17.0. The number of hydrogen-bond donors (Lipinski definition) is 1. The van der Waals surface area contributed by atoms with E-state index >= 15 is 0 Å². The molecule has 2 rings (SSSR count). The number of sulfonamides is 1. The first-order valence-corrected chi connectivity index (χ1v) is 8.47. The van der Waals surface area contributed by atoms with Gasteiger partial charge in [-0.2, -0.15) is 4.31 Å². The van der Waals surface area contributed by atoms with Crippen molar-refractivity contribution in [3.05, 3.63) is 28.8 Å². The maximum Gasteiger partial charge on any atom is 0.340 e. The van der Waals surface area contributed by atoms with Gasteiger partial charge in [0.05, 0.1) is 28.7 Å². The zero-order valence-corrected chi connectivity index (χ0v) is 13.6. The number of carbonyl (C=O) groups is 2. The summed E-state index contributed by atoms with van der Waals surface area (Å²) >= 11 is 5.90. The van der Waals surface area contributed by atoms with Gasteiger partial charge in [0.25, 0.3) is 5.91 Å². The third-order valence-electron chi connectivity index (χ3n) is 3.11. The van der Waals surface area contributed by atoms with E-state index in [0.29, 0.717) is 13.2 Å². The molecule has 0 aromatic heterocycles. The Kier molecular flexibility index (Phi) is 5.58. The van der Waals surface area contributed by atoms with E-state index in [0.717, 1.165) is 6.07 Å². The second kappa shape index (κ2) is 7.26. The molecule has 1 saturated heterocycles. The van der Waals surface area contributed by atoms with Gasteiger partial charge >= 0.3 is 5.97 Å². The lowest BCUT2D eigenvalue weighted by atomic mass is 10.2. The van der Waals surface area contributed by atoms with Gasteiger partial charge in [-0.15, -0.1) is 0 Å². The number of hydrogen-bond acceptors (Lipinski definition) is 6. The molecule has 0 saturated carbocycles. The van der Waals surface area contributed by atoms with Crippen molar-refractivity contribution < 1.29 is 27.5 Å². The molecule has 1 amide bonds. The smallest absolute Gasteiger partial charge is 0.340 e. The standard InChI is InChI=1S/C13H15ClN2O6S/c14-11-2-1-9(7-10(11)13(18)22-8-12(15)17)23(19,20)16-3-5-21-6-4-16/h1-2,7H,3-6,8H2,(H2,15,17). The Morgan fingerprint density at radius 2 is 1.96 bits per heavy atom. The Bertz CT molecular complexity index is 715. The second-order valence-electron chi connectivity index (χ2n) is 4.70. The number of amides is 1. The molecular weight excluding hydrogens is 348 g/mol. The first-order chi connectivity index (χ1) is 10.8. The SMILES string of the molecule is NC(=O)COC(=O)c1cc(S(=O)(=O)N2CCOCC2)ccc1Cl. The highest BCUT2D eigenvalue weighted by Gasteiger charge is 2.27. The van der Waals surface area contributed by atoms with Crippen LogP contribution in [0.3, 0.4) is 0 Å². The van der Waals surface area contributed by atoms with Crippen molar-refractivity contribution in [3.63, 3.8) is 0 Å². The fourth-order valence-electron chi connectivity index (χ4n) is 1.97. The average Bonchev–Trinajstić information content (AvgIpc) is 2.53.